The van der Waals surface area contributed by atoms with Gasteiger partial charge in [-0.3, -0.25) is 10.3 Å². The summed E-state index contributed by atoms with van der Waals surface area (Å²) in [6.07, 6.45) is 1.81. The standard InChI is InChI=1S/C22H27NO7S/c1-4-29-23-16(2)21(22(24)25)15-18-8-10-19(11-9-18)28-13-12-17-6-5-7-20(14-17)30-31(3,26)27/h5-11,14,23H,4,12-13,15H2,1-3H3,(H,24,25). The van der Waals surface area contributed by atoms with Crippen LogP contribution in [-0.2, 0) is 32.6 Å². The molecule has 0 aromatic heterocycles. The molecule has 0 bridgehead atoms. The molecule has 0 aliphatic carbocycles. The van der Waals surface area contributed by atoms with Gasteiger partial charge in [0.15, 0.2) is 0 Å². The van der Waals surface area contributed by atoms with Gasteiger partial charge < -0.3 is 14.0 Å². The molecule has 168 valence electrons. The first-order chi connectivity index (χ1) is 14.7. The van der Waals surface area contributed by atoms with Crippen LogP contribution in [0.3, 0.4) is 0 Å². The number of hydroxylamine groups is 1. The summed E-state index contributed by atoms with van der Waals surface area (Å²) < 4.78 is 33.1. The first kappa shape index (κ1) is 24.2. The van der Waals surface area contributed by atoms with E-state index in [1.165, 1.54) is 0 Å². The van der Waals surface area contributed by atoms with Crippen molar-refractivity contribution in [2.75, 3.05) is 19.5 Å². The highest BCUT2D eigenvalue weighted by atomic mass is 32.2. The molecule has 0 aliphatic heterocycles. The van der Waals surface area contributed by atoms with Gasteiger partial charge in [0.25, 0.3) is 0 Å². The molecule has 2 N–H and O–H groups in total. The van der Waals surface area contributed by atoms with Crippen molar-refractivity contribution in [2.24, 2.45) is 0 Å². The maximum Gasteiger partial charge on any atom is 0.333 e. The van der Waals surface area contributed by atoms with E-state index < -0.39 is 16.1 Å². The number of carboxylic acid groups (broad SMARTS) is 1. The van der Waals surface area contributed by atoms with Gasteiger partial charge in [0, 0.05) is 18.5 Å². The molecule has 0 radical (unpaired) electrons. The summed E-state index contributed by atoms with van der Waals surface area (Å²) in [5.74, 6) is -0.0924. The van der Waals surface area contributed by atoms with Crippen molar-refractivity contribution in [1.82, 2.24) is 5.48 Å². The lowest BCUT2D eigenvalue weighted by Gasteiger charge is -2.11. The summed E-state index contributed by atoms with van der Waals surface area (Å²) in [5, 5.41) is 9.44. The molecule has 0 amide bonds. The predicted octanol–water partition coefficient (Wildman–Crippen LogP) is 3.09. The summed E-state index contributed by atoms with van der Waals surface area (Å²) in [5.41, 5.74) is 5.02. The highest BCUT2D eigenvalue weighted by Gasteiger charge is 2.13. The maximum absolute atomic E-state index is 11.5. The number of carbonyl (C=O) groups is 1. The number of hydrogen-bond acceptors (Lipinski definition) is 7. The Morgan fingerprint density at radius 3 is 2.39 bits per heavy atom. The van der Waals surface area contributed by atoms with Crippen molar-refractivity contribution >= 4 is 16.1 Å². The SMILES string of the molecule is CCONC(C)=C(Cc1ccc(OCCc2cccc(OS(C)(=O)=O)c2)cc1)C(=O)O. The molecular weight excluding hydrogens is 422 g/mol. The smallest absolute Gasteiger partial charge is 0.333 e. The highest BCUT2D eigenvalue weighted by Crippen LogP contribution is 2.18. The van der Waals surface area contributed by atoms with E-state index in [0.29, 0.717) is 31.1 Å². The summed E-state index contributed by atoms with van der Waals surface area (Å²) in [6, 6.07) is 14.0. The van der Waals surface area contributed by atoms with Gasteiger partial charge in [-0.15, -0.1) is 0 Å². The third kappa shape index (κ3) is 8.69. The fourth-order valence-electron chi connectivity index (χ4n) is 2.73. The van der Waals surface area contributed by atoms with E-state index in [4.69, 9.17) is 13.8 Å². The number of aliphatic carboxylic acids is 1. The molecule has 8 nitrogen and oxygen atoms in total. The Hall–Kier alpha value is -3.04. The van der Waals surface area contributed by atoms with E-state index in [1.54, 1.807) is 44.2 Å². The maximum atomic E-state index is 11.5. The Balaban J connectivity index is 1.93. The van der Waals surface area contributed by atoms with Crippen LogP contribution in [0.5, 0.6) is 11.5 Å². The minimum atomic E-state index is -3.57. The average Bonchev–Trinajstić information content (AvgIpc) is 2.70. The van der Waals surface area contributed by atoms with Gasteiger partial charge in [-0.25, -0.2) is 4.79 Å². The highest BCUT2D eigenvalue weighted by molar-refractivity contribution is 7.86. The Labute approximate surface area is 182 Å². The Kier molecular flexibility index (Phi) is 8.89. The van der Waals surface area contributed by atoms with Crippen molar-refractivity contribution in [1.29, 1.82) is 0 Å². The van der Waals surface area contributed by atoms with E-state index in [2.05, 4.69) is 5.48 Å². The molecule has 0 aliphatic rings. The third-order valence-corrected chi connectivity index (χ3v) is 4.69. The Morgan fingerprint density at radius 1 is 1.06 bits per heavy atom. The second-order valence-electron chi connectivity index (χ2n) is 6.80. The molecule has 0 fully saturated rings. The monoisotopic (exact) mass is 449 g/mol. The molecule has 2 aromatic rings. The van der Waals surface area contributed by atoms with Crippen LogP contribution in [0.4, 0.5) is 0 Å². The van der Waals surface area contributed by atoms with Crippen LogP contribution in [0.25, 0.3) is 0 Å². The zero-order valence-electron chi connectivity index (χ0n) is 17.8. The third-order valence-electron chi connectivity index (χ3n) is 4.19. The summed E-state index contributed by atoms with van der Waals surface area (Å²) in [7, 11) is -3.57. The van der Waals surface area contributed by atoms with Crippen LogP contribution in [0.2, 0.25) is 0 Å². The Bertz CT molecular complexity index is 1010. The number of benzene rings is 2. The molecule has 9 heteroatoms. The number of ether oxygens (including phenoxy) is 1. The lowest BCUT2D eigenvalue weighted by Crippen LogP contribution is -2.18. The van der Waals surface area contributed by atoms with Crippen LogP contribution >= 0.6 is 0 Å². The minimum Gasteiger partial charge on any atom is -0.493 e. The molecule has 0 heterocycles. The van der Waals surface area contributed by atoms with E-state index in [-0.39, 0.29) is 17.7 Å². The van der Waals surface area contributed by atoms with Gasteiger partial charge in [-0.05, 0) is 49.2 Å². The first-order valence-corrected chi connectivity index (χ1v) is 11.5. The molecule has 0 saturated carbocycles. The van der Waals surface area contributed by atoms with Crippen LogP contribution in [0.1, 0.15) is 25.0 Å². The first-order valence-electron chi connectivity index (χ1n) is 9.69. The largest absolute Gasteiger partial charge is 0.493 e. The van der Waals surface area contributed by atoms with Crippen LogP contribution < -0.4 is 14.4 Å². The number of rotatable bonds is 12. The van der Waals surface area contributed by atoms with Crippen molar-refractivity contribution in [3.8, 4) is 11.5 Å². The second kappa shape index (κ2) is 11.4. The van der Waals surface area contributed by atoms with E-state index in [1.807, 2.05) is 18.2 Å². The van der Waals surface area contributed by atoms with Gasteiger partial charge >= 0.3 is 16.1 Å². The summed E-state index contributed by atoms with van der Waals surface area (Å²) in [6.45, 7) is 4.27. The van der Waals surface area contributed by atoms with Gasteiger partial charge in [0.2, 0.25) is 0 Å². The molecule has 31 heavy (non-hydrogen) atoms. The summed E-state index contributed by atoms with van der Waals surface area (Å²) >= 11 is 0. The zero-order chi connectivity index (χ0) is 22.9. The number of allylic oxidation sites excluding steroid dienone is 1. The van der Waals surface area contributed by atoms with Crippen molar-refractivity contribution in [3.05, 3.63) is 70.9 Å². The van der Waals surface area contributed by atoms with E-state index in [9.17, 15) is 18.3 Å². The fourth-order valence-corrected chi connectivity index (χ4v) is 3.19. The fraction of sp³-hybridized carbons (Fsp3) is 0.318. The number of nitrogens with one attached hydrogen (secondary N) is 1. The molecule has 0 saturated heterocycles. The van der Waals surface area contributed by atoms with Crippen LogP contribution in [0, 0.1) is 0 Å². The molecule has 2 rings (SSSR count). The lowest BCUT2D eigenvalue weighted by atomic mass is 10.0. The van der Waals surface area contributed by atoms with Crippen molar-refractivity contribution in [2.45, 2.75) is 26.7 Å². The lowest BCUT2D eigenvalue weighted by molar-refractivity contribution is -0.132. The van der Waals surface area contributed by atoms with Gasteiger partial charge in [-0.2, -0.15) is 8.42 Å². The number of carboxylic acids is 1. The molecule has 0 spiro atoms. The van der Waals surface area contributed by atoms with Crippen LogP contribution in [0.15, 0.2) is 59.8 Å². The predicted molar refractivity (Wildman–Crippen MR) is 116 cm³/mol. The normalized spacial score (nSPS) is 12.1. The van der Waals surface area contributed by atoms with Gasteiger partial charge in [0.1, 0.15) is 11.5 Å². The van der Waals surface area contributed by atoms with Gasteiger partial charge in [0.05, 0.1) is 25.0 Å². The van der Waals surface area contributed by atoms with Crippen molar-refractivity contribution < 1.29 is 32.1 Å². The van der Waals surface area contributed by atoms with E-state index >= 15 is 0 Å². The molecule has 0 atom stereocenters. The summed E-state index contributed by atoms with van der Waals surface area (Å²) in [4.78, 5) is 16.6. The molecule has 2 aromatic carbocycles. The second-order valence-corrected chi connectivity index (χ2v) is 8.37. The van der Waals surface area contributed by atoms with Crippen molar-refractivity contribution in [3.63, 3.8) is 0 Å². The van der Waals surface area contributed by atoms with Crippen LogP contribution in [-0.4, -0.2) is 39.0 Å². The van der Waals surface area contributed by atoms with Gasteiger partial charge in [-0.1, -0.05) is 24.3 Å². The average molecular weight is 450 g/mol. The quantitative estimate of drug-likeness (QED) is 0.289. The molecular formula is C22H27NO7S. The topological polar surface area (TPSA) is 111 Å². The minimum absolute atomic E-state index is 0.221. The molecule has 0 unspecified atom stereocenters. The number of hydrogen-bond donors (Lipinski definition) is 2. The van der Waals surface area contributed by atoms with E-state index in [0.717, 1.165) is 17.4 Å². The zero-order valence-corrected chi connectivity index (χ0v) is 18.6. The Morgan fingerprint density at radius 2 is 1.77 bits per heavy atom.